The van der Waals surface area contributed by atoms with Gasteiger partial charge in [0, 0.05) is 18.1 Å². The van der Waals surface area contributed by atoms with E-state index in [0.29, 0.717) is 11.5 Å². The first-order valence-corrected chi connectivity index (χ1v) is 3.83. The highest BCUT2D eigenvalue weighted by atomic mass is 16.1. The Morgan fingerprint density at radius 3 is 2.77 bits per heavy atom. The molecule has 2 N–H and O–H groups in total. The first kappa shape index (κ1) is 7.72. The molecule has 0 radical (unpaired) electrons. The molecule has 0 aromatic carbocycles. The molecule has 13 heavy (non-hydrogen) atoms. The molecule has 0 saturated carbocycles. The van der Waals surface area contributed by atoms with Gasteiger partial charge in [0.25, 0.3) is 0 Å². The van der Waals surface area contributed by atoms with E-state index in [4.69, 9.17) is 0 Å². The van der Waals surface area contributed by atoms with Gasteiger partial charge in [-0.2, -0.15) is 0 Å². The van der Waals surface area contributed by atoms with Crippen LogP contribution in [-0.2, 0) is 0 Å². The zero-order valence-electron chi connectivity index (χ0n) is 7.03. The van der Waals surface area contributed by atoms with Gasteiger partial charge in [0.2, 0.25) is 5.78 Å². The van der Waals surface area contributed by atoms with Crippen LogP contribution in [0.4, 0.5) is 0 Å². The molecule has 2 aromatic heterocycles. The van der Waals surface area contributed by atoms with Crippen LogP contribution in [-0.4, -0.2) is 25.7 Å². The summed E-state index contributed by atoms with van der Waals surface area (Å²) in [4.78, 5) is 24.9. The number of hydrogen-bond donors (Lipinski definition) is 2. The van der Waals surface area contributed by atoms with E-state index in [-0.39, 0.29) is 5.78 Å². The maximum atomic E-state index is 11.6. The van der Waals surface area contributed by atoms with Gasteiger partial charge in [0.05, 0.1) is 6.33 Å². The molecule has 5 nitrogen and oxygen atoms in total. The van der Waals surface area contributed by atoms with Crippen LogP contribution < -0.4 is 0 Å². The van der Waals surface area contributed by atoms with Crippen LogP contribution in [0.25, 0.3) is 0 Å². The van der Waals surface area contributed by atoms with Gasteiger partial charge in [-0.3, -0.25) is 4.79 Å². The number of ketones is 1. The van der Waals surface area contributed by atoms with Crippen molar-refractivity contribution in [1.82, 2.24) is 19.9 Å². The monoisotopic (exact) mass is 176 g/mol. The molecule has 2 aromatic rings. The van der Waals surface area contributed by atoms with E-state index in [0.717, 1.165) is 5.69 Å². The Kier molecular flexibility index (Phi) is 1.70. The third-order valence-electron chi connectivity index (χ3n) is 1.76. The molecule has 0 atom stereocenters. The minimum absolute atomic E-state index is 0.191. The average Bonchev–Trinajstić information content (AvgIpc) is 2.72. The number of H-pyrrole nitrogens is 2. The highest BCUT2D eigenvalue weighted by molar-refractivity contribution is 6.05. The zero-order valence-corrected chi connectivity index (χ0v) is 7.03. The Morgan fingerprint density at radius 1 is 1.38 bits per heavy atom. The minimum atomic E-state index is -0.191. The number of aryl methyl sites for hydroxylation is 1. The third-order valence-corrected chi connectivity index (χ3v) is 1.76. The number of rotatable bonds is 2. The quantitative estimate of drug-likeness (QED) is 0.660. The lowest BCUT2D eigenvalue weighted by Crippen LogP contribution is -2.05. The number of nitrogens with zero attached hydrogens (tertiary/aromatic N) is 2. The molecule has 0 aliphatic heterocycles. The summed E-state index contributed by atoms with van der Waals surface area (Å²) in [5.41, 5.74) is 1.16. The molecule has 0 aliphatic carbocycles. The third kappa shape index (κ3) is 1.24. The Labute approximate surface area is 74.2 Å². The molecule has 2 rings (SSSR count). The molecule has 5 heteroatoms. The Bertz CT molecular complexity index is 415. The molecular weight excluding hydrogens is 168 g/mol. The fraction of sp³-hybridized carbons (Fsp3) is 0.125. The molecule has 66 valence electrons. The van der Waals surface area contributed by atoms with Crippen molar-refractivity contribution < 1.29 is 4.79 Å². The van der Waals surface area contributed by atoms with Gasteiger partial charge in [-0.25, -0.2) is 9.97 Å². The first-order chi connectivity index (χ1) is 6.29. The lowest BCUT2D eigenvalue weighted by molar-refractivity contribution is 0.102. The van der Waals surface area contributed by atoms with Crippen molar-refractivity contribution in [2.75, 3.05) is 0 Å². The molecule has 2 heterocycles. The van der Waals surface area contributed by atoms with Crippen molar-refractivity contribution in [3.63, 3.8) is 0 Å². The second kappa shape index (κ2) is 2.85. The van der Waals surface area contributed by atoms with Gasteiger partial charge in [-0.1, -0.05) is 0 Å². The van der Waals surface area contributed by atoms with Crippen molar-refractivity contribution in [2.45, 2.75) is 6.92 Å². The molecule has 0 bridgehead atoms. The van der Waals surface area contributed by atoms with E-state index in [1.165, 1.54) is 12.5 Å². The smallest absolute Gasteiger partial charge is 0.248 e. The Hall–Kier alpha value is -1.91. The number of hydrogen-bond acceptors (Lipinski definition) is 3. The van der Waals surface area contributed by atoms with E-state index in [9.17, 15) is 4.79 Å². The summed E-state index contributed by atoms with van der Waals surface area (Å²) in [5, 5.41) is 0. The lowest BCUT2D eigenvalue weighted by atomic mass is 10.2. The summed E-state index contributed by atoms with van der Waals surface area (Å²) in [7, 11) is 0. The Balaban J connectivity index is 2.39. The second-order valence-corrected chi connectivity index (χ2v) is 2.64. The van der Waals surface area contributed by atoms with E-state index >= 15 is 0 Å². The standard InChI is InChI=1S/C8H8N4O/c1-5-6(12-4-11-5)7(13)8-9-2-3-10-8/h2-4H,1H3,(H,9,10)(H,11,12). The summed E-state index contributed by atoms with van der Waals surface area (Å²) >= 11 is 0. The molecule has 0 amide bonds. The summed E-state index contributed by atoms with van der Waals surface area (Å²) in [6, 6.07) is 0. The van der Waals surface area contributed by atoms with E-state index < -0.39 is 0 Å². The number of carbonyl (C=O) groups excluding carboxylic acids is 1. The highest BCUT2D eigenvalue weighted by Gasteiger charge is 2.15. The summed E-state index contributed by atoms with van der Waals surface area (Å²) in [5.74, 6) is 0.124. The Morgan fingerprint density at radius 2 is 2.23 bits per heavy atom. The maximum absolute atomic E-state index is 11.6. The van der Waals surface area contributed by atoms with Gasteiger partial charge in [0.1, 0.15) is 5.69 Å². The fourth-order valence-corrected chi connectivity index (χ4v) is 1.09. The van der Waals surface area contributed by atoms with Gasteiger partial charge in [-0.05, 0) is 6.92 Å². The SMILES string of the molecule is Cc1[nH]cnc1C(=O)c1ncc[nH]1. The van der Waals surface area contributed by atoms with Crippen LogP contribution >= 0.6 is 0 Å². The summed E-state index contributed by atoms with van der Waals surface area (Å²) in [6.45, 7) is 1.79. The second-order valence-electron chi connectivity index (χ2n) is 2.64. The summed E-state index contributed by atoms with van der Waals surface area (Å²) < 4.78 is 0. The number of aromatic amines is 2. The average molecular weight is 176 g/mol. The van der Waals surface area contributed by atoms with Crippen molar-refractivity contribution in [3.05, 3.63) is 35.9 Å². The van der Waals surface area contributed by atoms with Gasteiger partial charge in [-0.15, -0.1) is 0 Å². The topological polar surface area (TPSA) is 74.4 Å². The number of aromatic nitrogens is 4. The van der Waals surface area contributed by atoms with Crippen molar-refractivity contribution in [1.29, 1.82) is 0 Å². The predicted molar refractivity (Wildman–Crippen MR) is 45.3 cm³/mol. The fourth-order valence-electron chi connectivity index (χ4n) is 1.09. The van der Waals surface area contributed by atoms with Gasteiger partial charge < -0.3 is 9.97 Å². The number of imidazole rings is 2. The van der Waals surface area contributed by atoms with Crippen LogP contribution in [0.1, 0.15) is 22.0 Å². The van der Waals surface area contributed by atoms with Crippen LogP contribution in [0.5, 0.6) is 0 Å². The number of carbonyl (C=O) groups is 1. The summed E-state index contributed by atoms with van der Waals surface area (Å²) in [6.07, 6.45) is 4.63. The van der Waals surface area contributed by atoms with Crippen LogP contribution in [0.2, 0.25) is 0 Å². The van der Waals surface area contributed by atoms with Crippen molar-refractivity contribution in [3.8, 4) is 0 Å². The van der Waals surface area contributed by atoms with E-state index in [2.05, 4.69) is 19.9 Å². The molecule has 0 spiro atoms. The van der Waals surface area contributed by atoms with Crippen LogP contribution in [0.3, 0.4) is 0 Å². The molecule has 0 saturated heterocycles. The minimum Gasteiger partial charge on any atom is -0.348 e. The van der Waals surface area contributed by atoms with E-state index in [1.807, 2.05) is 0 Å². The molecule has 0 unspecified atom stereocenters. The highest BCUT2D eigenvalue weighted by Crippen LogP contribution is 2.05. The lowest BCUT2D eigenvalue weighted by Gasteiger charge is -1.92. The first-order valence-electron chi connectivity index (χ1n) is 3.83. The normalized spacial score (nSPS) is 10.2. The molecule has 0 aliphatic rings. The van der Waals surface area contributed by atoms with Gasteiger partial charge >= 0.3 is 0 Å². The molecule has 0 fully saturated rings. The van der Waals surface area contributed by atoms with E-state index in [1.54, 1.807) is 13.1 Å². The maximum Gasteiger partial charge on any atom is 0.248 e. The number of nitrogens with one attached hydrogen (secondary N) is 2. The molecular formula is C8H8N4O. The van der Waals surface area contributed by atoms with Crippen molar-refractivity contribution in [2.24, 2.45) is 0 Å². The predicted octanol–water partition coefficient (Wildman–Crippen LogP) is 0.672. The van der Waals surface area contributed by atoms with Crippen LogP contribution in [0.15, 0.2) is 18.7 Å². The van der Waals surface area contributed by atoms with Crippen LogP contribution in [0, 0.1) is 6.92 Å². The zero-order chi connectivity index (χ0) is 9.26. The largest absolute Gasteiger partial charge is 0.348 e. The van der Waals surface area contributed by atoms with Gasteiger partial charge in [0.15, 0.2) is 5.82 Å². The van der Waals surface area contributed by atoms with Crippen molar-refractivity contribution >= 4 is 5.78 Å².